The molecule has 1 heterocycles. The van der Waals surface area contributed by atoms with Crippen LogP contribution < -0.4 is 14.4 Å². The molecule has 2 aromatic rings. The van der Waals surface area contributed by atoms with E-state index in [-0.39, 0.29) is 28.6 Å². The van der Waals surface area contributed by atoms with Crippen LogP contribution in [-0.4, -0.2) is 45.8 Å². The number of rotatable bonds is 5. The highest BCUT2D eigenvalue weighted by Crippen LogP contribution is 2.42. The molecule has 1 aliphatic heterocycles. The highest BCUT2D eigenvalue weighted by atomic mass is 32.2. The Morgan fingerprint density at radius 3 is 2.29 bits per heavy atom. The number of fused-ring (bicyclic) bond motifs is 1. The SMILES string of the molecule is COC(=O)C(C)(C)C1CN(S(=O)(=O)c2ccc(F)cc2)c2cc(NC(=O)OC(C)(C)C)ccc2O1. The van der Waals surface area contributed by atoms with Crippen LogP contribution in [0.1, 0.15) is 34.6 Å². The van der Waals surface area contributed by atoms with Crippen LogP contribution in [0.3, 0.4) is 0 Å². The average Bonchev–Trinajstić information content (AvgIpc) is 2.76. The molecule has 1 N–H and O–H groups in total. The number of hydrogen-bond donors (Lipinski definition) is 1. The van der Waals surface area contributed by atoms with Gasteiger partial charge in [0.1, 0.15) is 28.7 Å². The van der Waals surface area contributed by atoms with Gasteiger partial charge >= 0.3 is 12.1 Å². The van der Waals surface area contributed by atoms with E-state index in [9.17, 15) is 22.4 Å². The molecule has 1 aliphatic rings. The summed E-state index contributed by atoms with van der Waals surface area (Å²) in [5, 5.41) is 2.57. The van der Waals surface area contributed by atoms with Crippen LogP contribution in [0.5, 0.6) is 5.75 Å². The summed E-state index contributed by atoms with van der Waals surface area (Å²) in [4.78, 5) is 24.5. The van der Waals surface area contributed by atoms with E-state index in [0.717, 1.165) is 28.6 Å². The van der Waals surface area contributed by atoms with Crippen LogP contribution >= 0.6 is 0 Å². The first-order chi connectivity index (χ1) is 16.1. The van der Waals surface area contributed by atoms with Gasteiger partial charge in [0.05, 0.1) is 24.2 Å². The molecule has 1 atom stereocenters. The summed E-state index contributed by atoms with van der Waals surface area (Å²) in [5.74, 6) is -0.980. The summed E-state index contributed by atoms with van der Waals surface area (Å²) in [5.41, 5.74) is -1.52. The molecule has 35 heavy (non-hydrogen) atoms. The molecule has 9 nitrogen and oxygen atoms in total. The van der Waals surface area contributed by atoms with Crippen LogP contribution in [0, 0.1) is 11.2 Å². The number of ether oxygens (including phenoxy) is 3. The molecule has 0 bridgehead atoms. The fourth-order valence-electron chi connectivity index (χ4n) is 3.48. The molecule has 2 aromatic carbocycles. The Labute approximate surface area is 204 Å². The summed E-state index contributed by atoms with van der Waals surface area (Å²) in [6.45, 7) is 8.10. The van der Waals surface area contributed by atoms with Crippen molar-refractivity contribution in [2.45, 2.75) is 51.2 Å². The number of esters is 1. The Hall–Kier alpha value is -3.34. The first-order valence-corrected chi connectivity index (χ1v) is 12.3. The minimum atomic E-state index is -4.20. The molecule has 0 aromatic heterocycles. The van der Waals surface area contributed by atoms with E-state index in [0.29, 0.717) is 0 Å². The third kappa shape index (κ3) is 5.67. The van der Waals surface area contributed by atoms with E-state index in [1.165, 1.54) is 25.3 Å². The molecule has 0 fully saturated rings. The van der Waals surface area contributed by atoms with Crippen molar-refractivity contribution in [2.24, 2.45) is 5.41 Å². The molecule has 0 saturated carbocycles. The van der Waals surface area contributed by atoms with E-state index in [1.807, 2.05) is 0 Å². The maximum atomic E-state index is 13.6. The summed E-state index contributed by atoms with van der Waals surface area (Å²) in [7, 11) is -2.96. The number of carbonyl (C=O) groups is 2. The van der Waals surface area contributed by atoms with Gasteiger partial charge in [0.2, 0.25) is 0 Å². The quantitative estimate of drug-likeness (QED) is 0.599. The number of hydrogen-bond acceptors (Lipinski definition) is 7. The van der Waals surface area contributed by atoms with Gasteiger partial charge in [-0.2, -0.15) is 0 Å². The van der Waals surface area contributed by atoms with Crippen molar-refractivity contribution in [3.63, 3.8) is 0 Å². The van der Waals surface area contributed by atoms with Crippen molar-refractivity contribution in [1.82, 2.24) is 0 Å². The average molecular weight is 509 g/mol. The van der Waals surface area contributed by atoms with Gasteiger partial charge in [-0.1, -0.05) is 0 Å². The molecule has 0 spiro atoms. The van der Waals surface area contributed by atoms with E-state index in [2.05, 4.69) is 5.32 Å². The first kappa shape index (κ1) is 26.3. The molecular weight excluding hydrogens is 479 g/mol. The smallest absolute Gasteiger partial charge is 0.412 e. The number of nitrogens with one attached hydrogen (secondary N) is 1. The fourth-order valence-corrected chi connectivity index (χ4v) is 4.95. The summed E-state index contributed by atoms with van der Waals surface area (Å²) in [6, 6.07) is 8.86. The molecule has 190 valence electrons. The third-order valence-corrected chi connectivity index (χ3v) is 7.19. The van der Waals surface area contributed by atoms with E-state index < -0.39 is 45.0 Å². The highest BCUT2D eigenvalue weighted by molar-refractivity contribution is 7.92. The summed E-state index contributed by atoms with van der Waals surface area (Å²) < 4.78 is 57.9. The molecular formula is C24H29FN2O7S. The van der Waals surface area contributed by atoms with Crippen molar-refractivity contribution in [2.75, 3.05) is 23.3 Å². The molecule has 0 radical (unpaired) electrons. The topological polar surface area (TPSA) is 111 Å². The largest absolute Gasteiger partial charge is 0.485 e. The Bertz CT molecular complexity index is 1220. The minimum Gasteiger partial charge on any atom is -0.485 e. The predicted octanol–water partition coefficient (Wildman–Crippen LogP) is 4.33. The zero-order chi connectivity index (χ0) is 26.2. The van der Waals surface area contributed by atoms with Gasteiger partial charge in [-0.25, -0.2) is 17.6 Å². The maximum absolute atomic E-state index is 13.6. The van der Waals surface area contributed by atoms with Gasteiger partial charge < -0.3 is 14.2 Å². The van der Waals surface area contributed by atoms with Crippen molar-refractivity contribution >= 4 is 33.5 Å². The molecule has 1 amide bonds. The second kappa shape index (κ2) is 9.37. The van der Waals surface area contributed by atoms with Crippen LogP contribution in [0.4, 0.5) is 20.6 Å². The van der Waals surface area contributed by atoms with E-state index >= 15 is 0 Å². The van der Waals surface area contributed by atoms with Crippen LogP contribution in [0.15, 0.2) is 47.4 Å². The molecule has 0 aliphatic carbocycles. The second-order valence-corrected chi connectivity index (χ2v) is 11.5. The van der Waals surface area contributed by atoms with Gasteiger partial charge in [0.25, 0.3) is 10.0 Å². The Kier molecular flexibility index (Phi) is 7.03. The molecule has 11 heteroatoms. The number of anilines is 2. The number of halogens is 1. The van der Waals surface area contributed by atoms with Gasteiger partial charge in [-0.3, -0.25) is 14.4 Å². The van der Waals surface area contributed by atoms with Crippen LogP contribution in [0.2, 0.25) is 0 Å². The number of carbonyl (C=O) groups excluding carboxylic acids is 2. The Balaban J connectivity index is 2.07. The van der Waals surface area contributed by atoms with Gasteiger partial charge in [-0.05, 0) is 77.1 Å². The lowest BCUT2D eigenvalue weighted by Crippen LogP contribution is -2.52. The normalized spacial score (nSPS) is 16.1. The number of amides is 1. The van der Waals surface area contributed by atoms with Crippen molar-refractivity contribution in [3.8, 4) is 5.75 Å². The monoisotopic (exact) mass is 508 g/mol. The van der Waals surface area contributed by atoms with Gasteiger partial charge in [0, 0.05) is 5.69 Å². The van der Waals surface area contributed by atoms with Crippen molar-refractivity contribution in [3.05, 3.63) is 48.3 Å². The Morgan fingerprint density at radius 2 is 1.71 bits per heavy atom. The maximum Gasteiger partial charge on any atom is 0.412 e. The predicted molar refractivity (Wildman–Crippen MR) is 127 cm³/mol. The summed E-state index contributed by atoms with van der Waals surface area (Å²) in [6.07, 6.45) is -1.62. The number of sulfonamides is 1. The zero-order valence-electron chi connectivity index (χ0n) is 20.4. The molecule has 0 saturated heterocycles. The second-order valence-electron chi connectivity index (χ2n) is 9.62. The van der Waals surface area contributed by atoms with E-state index in [4.69, 9.17) is 14.2 Å². The number of nitrogens with zero attached hydrogens (tertiary/aromatic N) is 1. The fraction of sp³-hybridized carbons (Fsp3) is 0.417. The van der Waals surface area contributed by atoms with Crippen LogP contribution in [0.25, 0.3) is 0 Å². The Morgan fingerprint density at radius 1 is 1.09 bits per heavy atom. The lowest BCUT2D eigenvalue weighted by molar-refractivity contribution is -0.156. The number of benzene rings is 2. The lowest BCUT2D eigenvalue weighted by Gasteiger charge is -2.41. The van der Waals surface area contributed by atoms with Crippen molar-refractivity contribution in [1.29, 1.82) is 0 Å². The van der Waals surface area contributed by atoms with Gasteiger partial charge in [-0.15, -0.1) is 0 Å². The van der Waals surface area contributed by atoms with E-state index in [1.54, 1.807) is 34.6 Å². The minimum absolute atomic E-state index is 0.139. The van der Waals surface area contributed by atoms with Gasteiger partial charge in [0.15, 0.2) is 0 Å². The van der Waals surface area contributed by atoms with Crippen molar-refractivity contribution < 1.29 is 36.6 Å². The molecule has 1 unspecified atom stereocenters. The standard InChI is InChI=1S/C24H29FN2O7S/c1-23(2,3)34-22(29)26-16-9-12-19-18(13-16)27(14-20(33-19)24(4,5)21(28)32-6)35(30,31)17-10-7-15(25)8-11-17/h7-13,20H,14H2,1-6H3,(H,26,29). The molecule has 3 rings (SSSR count). The lowest BCUT2D eigenvalue weighted by atomic mass is 9.85. The van der Waals surface area contributed by atoms with Crippen LogP contribution in [-0.2, 0) is 24.3 Å². The third-order valence-electron chi connectivity index (χ3n) is 5.39. The number of methoxy groups -OCH3 is 1. The highest BCUT2D eigenvalue weighted by Gasteiger charge is 2.46. The summed E-state index contributed by atoms with van der Waals surface area (Å²) >= 11 is 0. The first-order valence-electron chi connectivity index (χ1n) is 10.8. The zero-order valence-corrected chi connectivity index (χ0v) is 21.2.